The van der Waals surface area contributed by atoms with E-state index in [9.17, 15) is 4.79 Å². The van der Waals surface area contributed by atoms with E-state index in [0.717, 1.165) is 22.1 Å². The molecule has 2 aromatic rings. The third-order valence-electron chi connectivity index (χ3n) is 2.62. The van der Waals surface area contributed by atoms with Gasteiger partial charge in [0, 0.05) is 29.1 Å². The second-order valence-electron chi connectivity index (χ2n) is 4.32. The summed E-state index contributed by atoms with van der Waals surface area (Å²) in [5.41, 5.74) is 2.69. The molecule has 0 atom stereocenters. The molecule has 2 rings (SSSR count). The molecule has 3 nitrogen and oxygen atoms in total. The topological polar surface area (TPSA) is 42.9 Å². The molecule has 0 spiro atoms. The minimum atomic E-state index is 0.164. The highest BCUT2D eigenvalue weighted by atomic mass is 32.2. The lowest BCUT2D eigenvalue weighted by Crippen LogP contribution is -2.01. The summed E-state index contributed by atoms with van der Waals surface area (Å²) in [4.78, 5) is 20.6. The molecular formula is C15H16N2OS. The summed E-state index contributed by atoms with van der Waals surface area (Å²) < 4.78 is 0. The average Bonchev–Trinajstić information content (AvgIpc) is 2.38. The Labute approximate surface area is 117 Å². The normalized spacial score (nSPS) is 10.4. The predicted octanol–water partition coefficient (Wildman–Crippen LogP) is 3.46. The summed E-state index contributed by atoms with van der Waals surface area (Å²) in [5.74, 6) is 0.869. The van der Waals surface area contributed by atoms with Gasteiger partial charge in [-0.3, -0.25) is 4.79 Å². The average molecular weight is 272 g/mol. The largest absolute Gasteiger partial charge is 0.294 e. The lowest BCUT2D eigenvalue weighted by Gasteiger charge is -2.03. The third-order valence-corrected chi connectivity index (χ3v) is 3.47. The number of hydrogen-bond acceptors (Lipinski definition) is 4. The van der Waals surface area contributed by atoms with Crippen LogP contribution in [0, 0.1) is 13.8 Å². The number of Topliss-reactive ketones (excluding diaryl/α,β-unsaturated/α-hetero) is 1. The van der Waals surface area contributed by atoms with Crippen LogP contribution in [0.25, 0.3) is 0 Å². The molecule has 0 saturated carbocycles. The summed E-state index contributed by atoms with van der Waals surface area (Å²) in [6.45, 7) is 3.90. The quantitative estimate of drug-likeness (QED) is 0.475. The zero-order chi connectivity index (χ0) is 13.7. The Morgan fingerprint density at radius 2 is 1.74 bits per heavy atom. The number of carbonyl (C=O) groups is 1. The van der Waals surface area contributed by atoms with Gasteiger partial charge in [-0.1, -0.05) is 42.1 Å². The van der Waals surface area contributed by atoms with E-state index in [0.29, 0.717) is 12.2 Å². The lowest BCUT2D eigenvalue weighted by molar-refractivity contribution is 0.0989. The van der Waals surface area contributed by atoms with Gasteiger partial charge in [-0.15, -0.1) is 0 Å². The summed E-state index contributed by atoms with van der Waals surface area (Å²) in [7, 11) is 0. The molecule has 98 valence electrons. The minimum absolute atomic E-state index is 0.164. The van der Waals surface area contributed by atoms with Gasteiger partial charge in [0.15, 0.2) is 10.9 Å². The molecule has 1 aromatic carbocycles. The summed E-state index contributed by atoms with van der Waals surface area (Å²) in [6.07, 6.45) is 0.505. The van der Waals surface area contributed by atoms with Crippen molar-refractivity contribution in [1.29, 1.82) is 0 Å². The summed E-state index contributed by atoms with van der Waals surface area (Å²) in [6, 6.07) is 11.3. The molecule has 0 bridgehead atoms. The fourth-order valence-corrected chi connectivity index (χ4v) is 2.65. The molecule has 0 aliphatic carbocycles. The Kier molecular flexibility index (Phi) is 4.68. The van der Waals surface area contributed by atoms with Gasteiger partial charge < -0.3 is 0 Å². The Hall–Kier alpha value is -1.68. The second-order valence-corrected chi connectivity index (χ2v) is 5.38. The number of benzene rings is 1. The maximum Gasteiger partial charge on any atom is 0.187 e. The van der Waals surface area contributed by atoms with E-state index < -0.39 is 0 Å². The highest BCUT2D eigenvalue weighted by Gasteiger charge is 2.06. The van der Waals surface area contributed by atoms with Crippen molar-refractivity contribution in [3.63, 3.8) is 0 Å². The SMILES string of the molecule is Cc1cc(C)nc(SCCC(=O)c2ccccc2)n1. The molecule has 1 heterocycles. The first-order valence-electron chi connectivity index (χ1n) is 6.18. The van der Waals surface area contributed by atoms with E-state index >= 15 is 0 Å². The van der Waals surface area contributed by atoms with Gasteiger partial charge in [0.05, 0.1) is 0 Å². The molecular weight excluding hydrogens is 256 g/mol. The van der Waals surface area contributed by atoms with E-state index in [1.54, 1.807) is 0 Å². The Bertz CT molecular complexity index is 549. The highest BCUT2D eigenvalue weighted by molar-refractivity contribution is 7.99. The van der Waals surface area contributed by atoms with Gasteiger partial charge in [-0.25, -0.2) is 9.97 Å². The molecule has 0 radical (unpaired) electrons. The van der Waals surface area contributed by atoms with E-state index in [1.807, 2.05) is 50.2 Å². The van der Waals surface area contributed by atoms with Crippen LogP contribution in [0.1, 0.15) is 28.2 Å². The van der Waals surface area contributed by atoms with Crippen LogP contribution < -0.4 is 0 Å². The number of aromatic nitrogens is 2. The van der Waals surface area contributed by atoms with Gasteiger partial charge in [0.2, 0.25) is 0 Å². The number of thioether (sulfide) groups is 1. The second kappa shape index (κ2) is 6.48. The van der Waals surface area contributed by atoms with Crippen molar-refractivity contribution >= 4 is 17.5 Å². The van der Waals surface area contributed by atoms with Crippen molar-refractivity contribution in [2.24, 2.45) is 0 Å². The molecule has 1 aromatic heterocycles. The van der Waals surface area contributed by atoms with Crippen LogP contribution >= 0.6 is 11.8 Å². The zero-order valence-electron chi connectivity index (χ0n) is 11.1. The predicted molar refractivity (Wildman–Crippen MR) is 77.6 cm³/mol. The van der Waals surface area contributed by atoms with E-state index in [4.69, 9.17) is 0 Å². The first-order valence-corrected chi connectivity index (χ1v) is 7.17. The number of ketones is 1. The Morgan fingerprint density at radius 3 is 2.37 bits per heavy atom. The van der Waals surface area contributed by atoms with Crippen molar-refractivity contribution in [3.05, 3.63) is 53.3 Å². The van der Waals surface area contributed by atoms with Crippen LogP contribution in [0.15, 0.2) is 41.6 Å². The smallest absolute Gasteiger partial charge is 0.187 e. The first kappa shape index (κ1) is 13.7. The Balaban J connectivity index is 1.88. The first-order chi connectivity index (χ1) is 9.15. The number of rotatable bonds is 5. The monoisotopic (exact) mass is 272 g/mol. The molecule has 0 amide bonds. The van der Waals surface area contributed by atoms with E-state index in [2.05, 4.69) is 9.97 Å². The summed E-state index contributed by atoms with van der Waals surface area (Å²) in [5, 5.41) is 0.748. The van der Waals surface area contributed by atoms with Crippen molar-refractivity contribution in [1.82, 2.24) is 9.97 Å². The van der Waals surface area contributed by atoms with Gasteiger partial charge in [0.1, 0.15) is 0 Å². The van der Waals surface area contributed by atoms with E-state index in [-0.39, 0.29) is 5.78 Å². The minimum Gasteiger partial charge on any atom is -0.294 e. The van der Waals surface area contributed by atoms with Gasteiger partial charge >= 0.3 is 0 Å². The molecule has 0 N–H and O–H groups in total. The molecule has 4 heteroatoms. The van der Waals surface area contributed by atoms with Gasteiger partial charge in [-0.05, 0) is 19.9 Å². The summed E-state index contributed by atoms with van der Waals surface area (Å²) >= 11 is 1.53. The van der Waals surface area contributed by atoms with Crippen molar-refractivity contribution < 1.29 is 4.79 Å². The number of hydrogen-bond donors (Lipinski definition) is 0. The van der Waals surface area contributed by atoms with Crippen LogP contribution in [-0.2, 0) is 0 Å². The number of carbonyl (C=O) groups excluding carboxylic acids is 1. The number of nitrogens with zero attached hydrogens (tertiary/aromatic N) is 2. The molecule has 0 unspecified atom stereocenters. The molecule has 19 heavy (non-hydrogen) atoms. The molecule has 0 aliphatic heterocycles. The van der Waals surface area contributed by atoms with Gasteiger partial charge in [0.25, 0.3) is 0 Å². The van der Waals surface area contributed by atoms with E-state index in [1.165, 1.54) is 11.8 Å². The maximum atomic E-state index is 11.9. The fourth-order valence-electron chi connectivity index (χ4n) is 1.76. The van der Waals surface area contributed by atoms with Crippen molar-refractivity contribution in [2.45, 2.75) is 25.4 Å². The third kappa shape index (κ3) is 4.17. The standard InChI is InChI=1S/C15H16N2OS/c1-11-10-12(2)17-15(16-11)19-9-8-14(18)13-6-4-3-5-7-13/h3-7,10H,8-9H2,1-2H3. The maximum absolute atomic E-state index is 11.9. The van der Waals surface area contributed by atoms with Crippen molar-refractivity contribution in [3.8, 4) is 0 Å². The van der Waals surface area contributed by atoms with Crippen molar-refractivity contribution in [2.75, 3.05) is 5.75 Å². The fraction of sp³-hybridized carbons (Fsp3) is 0.267. The van der Waals surface area contributed by atoms with Gasteiger partial charge in [-0.2, -0.15) is 0 Å². The molecule has 0 aliphatic rings. The van der Waals surface area contributed by atoms with Crippen LogP contribution in [0.5, 0.6) is 0 Å². The molecule has 0 fully saturated rings. The zero-order valence-corrected chi connectivity index (χ0v) is 11.9. The molecule has 0 saturated heterocycles. The highest BCUT2D eigenvalue weighted by Crippen LogP contribution is 2.16. The van der Waals surface area contributed by atoms with Crippen LogP contribution in [0.4, 0.5) is 0 Å². The van der Waals surface area contributed by atoms with Crippen LogP contribution in [0.2, 0.25) is 0 Å². The van der Waals surface area contributed by atoms with Crippen LogP contribution in [0.3, 0.4) is 0 Å². The van der Waals surface area contributed by atoms with Crippen LogP contribution in [-0.4, -0.2) is 21.5 Å². The lowest BCUT2D eigenvalue weighted by atomic mass is 10.1. The number of aryl methyl sites for hydroxylation is 2. The Morgan fingerprint density at radius 1 is 1.11 bits per heavy atom.